The number of carbonyl (C=O) groups is 5. The molecule has 0 spiro atoms. The van der Waals surface area contributed by atoms with Gasteiger partial charge in [0.25, 0.3) is 12.4 Å². The maximum Gasteiger partial charge on any atom is 0.329 e. The van der Waals surface area contributed by atoms with E-state index in [9.17, 15) is 24.0 Å². The molecule has 0 bridgehead atoms. The molecule has 0 radical (unpaired) electrons. The Hall–Kier alpha value is -3.62. The van der Waals surface area contributed by atoms with E-state index >= 15 is 0 Å². The Morgan fingerprint density at radius 3 is 2.61 bits per heavy atom. The van der Waals surface area contributed by atoms with Crippen molar-refractivity contribution in [1.29, 1.82) is 0 Å². The zero-order chi connectivity index (χ0) is 33.5. The van der Waals surface area contributed by atoms with Crippen molar-refractivity contribution in [2.45, 2.75) is 110 Å². The number of likely N-dealkylation sites (tertiary alicyclic amines) is 1. The molecule has 0 aromatic carbocycles. The number of rotatable bonds is 19. The summed E-state index contributed by atoms with van der Waals surface area (Å²) in [5.74, 6) is -1.64. The lowest BCUT2D eigenvalue weighted by Gasteiger charge is -2.35. The van der Waals surface area contributed by atoms with Gasteiger partial charge in [-0.15, -0.1) is 6.58 Å². The van der Waals surface area contributed by atoms with Crippen LogP contribution in [0.5, 0.6) is 0 Å². The van der Waals surface area contributed by atoms with Gasteiger partial charge >= 0.3 is 5.97 Å². The number of nitrogens with zero attached hydrogens (tertiary/aromatic N) is 2. The van der Waals surface area contributed by atoms with Gasteiger partial charge in [-0.25, -0.2) is 4.79 Å². The summed E-state index contributed by atoms with van der Waals surface area (Å²) in [6.07, 6.45) is 14.1. The van der Waals surface area contributed by atoms with Crippen LogP contribution in [0, 0.1) is 23.7 Å². The SMILES string of the molecule is C=CCC(/C=C(\C)CCOC=O)C(=O)CC[C@@H](C)C(CCc1cccnc1)OC(=O)[C@@H]1CCCCN1C(=O)C(=O)[C@@H]1CC[C@H](C)C1. The van der Waals surface area contributed by atoms with E-state index in [1.54, 1.807) is 18.5 Å². The molecular formula is C37H52N2O7. The number of aryl methyl sites for hydroxylation is 1. The number of ketones is 2. The first-order valence-corrected chi connectivity index (χ1v) is 16.9. The quantitative estimate of drug-likeness (QED) is 0.0596. The number of carbonyl (C=O) groups excluding carboxylic acids is 5. The zero-order valence-electron chi connectivity index (χ0n) is 27.9. The minimum atomic E-state index is -0.785. The van der Waals surface area contributed by atoms with Crippen LogP contribution >= 0.6 is 0 Å². The summed E-state index contributed by atoms with van der Waals surface area (Å²) in [6.45, 7) is 10.9. The number of amides is 1. The van der Waals surface area contributed by atoms with Crippen molar-refractivity contribution in [3.8, 4) is 0 Å². The number of hydrogen-bond acceptors (Lipinski definition) is 8. The molecule has 3 rings (SSSR count). The Kier molecular flexibility index (Phi) is 15.3. The largest absolute Gasteiger partial charge is 0.468 e. The van der Waals surface area contributed by atoms with Gasteiger partial charge in [0, 0.05) is 43.6 Å². The normalized spacial score (nSPS) is 21.9. The summed E-state index contributed by atoms with van der Waals surface area (Å²) in [5.41, 5.74) is 1.98. The van der Waals surface area contributed by atoms with Crippen LogP contribution in [0.2, 0.25) is 0 Å². The lowest BCUT2D eigenvalue weighted by atomic mass is 9.88. The second-order valence-electron chi connectivity index (χ2n) is 13.2. The van der Waals surface area contributed by atoms with Crippen molar-refractivity contribution < 1.29 is 33.4 Å². The number of piperidine rings is 1. The number of ether oxygens (including phenoxy) is 2. The highest BCUT2D eigenvalue weighted by Crippen LogP contribution is 2.32. The molecule has 1 aliphatic carbocycles. The third-order valence-electron chi connectivity index (χ3n) is 9.50. The maximum absolute atomic E-state index is 13.7. The highest BCUT2D eigenvalue weighted by molar-refractivity contribution is 6.37. The van der Waals surface area contributed by atoms with Crippen molar-refractivity contribution in [1.82, 2.24) is 9.88 Å². The van der Waals surface area contributed by atoms with Gasteiger partial charge in [0.05, 0.1) is 6.61 Å². The summed E-state index contributed by atoms with van der Waals surface area (Å²) < 4.78 is 11.0. The van der Waals surface area contributed by atoms with Crippen molar-refractivity contribution in [2.24, 2.45) is 23.7 Å². The number of hydrogen-bond donors (Lipinski definition) is 0. The molecule has 252 valence electrons. The average Bonchev–Trinajstić information content (AvgIpc) is 3.51. The molecule has 1 aromatic rings. The third kappa shape index (κ3) is 11.3. The summed E-state index contributed by atoms with van der Waals surface area (Å²) in [5, 5.41) is 0. The molecular weight excluding hydrogens is 584 g/mol. The van der Waals surface area contributed by atoms with Crippen LogP contribution in [-0.4, -0.2) is 65.1 Å². The fourth-order valence-electron chi connectivity index (χ4n) is 6.63. The highest BCUT2D eigenvalue weighted by Gasteiger charge is 2.40. The van der Waals surface area contributed by atoms with Crippen molar-refractivity contribution in [3.63, 3.8) is 0 Å². The Labute approximate surface area is 274 Å². The van der Waals surface area contributed by atoms with Gasteiger partial charge in [-0.1, -0.05) is 37.6 Å². The Morgan fingerprint density at radius 1 is 1.13 bits per heavy atom. The van der Waals surface area contributed by atoms with Crippen LogP contribution in [0.25, 0.3) is 0 Å². The highest BCUT2D eigenvalue weighted by atomic mass is 16.5. The number of Topliss-reactive ketones (excluding diaryl/α,β-unsaturated/α-hetero) is 2. The lowest BCUT2D eigenvalue weighted by Crippen LogP contribution is -2.52. The van der Waals surface area contributed by atoms with Crippen LogP contribution in [0.3, 0.4) is 0 Å². The summed E-state index contributed by atoms with van der Waals surface area (Å²) in [7, 11) is 0. The van der Waals surface area contributed by atoms with E-state index in [4.69, 9.17) is 9.47 Å². The van der Waals surface area contributed by atoms with Crippen molar-refractivity contribution in [3.05, 3.63) is 54.4 Å². The van der Waals surface area contributed by atoms with Gasteiger partial charge in [0.2, 0.25) is 5.78 Å². The molecule has 1 saturated carbocycles. The minimum absolute atomic E-state index is 0.0727. The molecule has 1 aromatic heterocycles. The molecule has 1 saturated heterocycles. The van der Waals surface area contributed by atoms with E-state index < -0.39 is 24.0 Å². The summed E-state index contributed by atoms with van der Waals surface area (Å²) in [6, 6.07) is 3.06. The first-order valence-electron chi connectivity index (χ1n) is 16.9. The standard InChI is InChI=1S/C37H52N2O7/c1-5-9-30(22-27(3)18-21-45-25-40)33(41)16-13-28(4)34(17-14-29-10-8-19-38-24-29)46-37(44)32-11-6-7-20-39(32)36(43)35(42)31-15-12-26(2)23-31/h5,8,10,19,22,24-26,28,30-32,34H,1,6-7,9,11-18,20-21,23H2,2-4H3/b27-22+/t26-,28+,30?,31+,32-,34?/m0/s1. The maximum atomic E-state index is 13.7. The van der Waals surface area contributed by atoms with Gasteiger partial charge < -0.3 is 14.4 Å². The minimum Gasteiger partial charge on any atom is -0.468 e. The van der Waals surface area contributed by atoms with Crippen LogP contribution in [0.4, 0.5) is 0 Å². The van der Waals surface area contributed by atoms with E-state index in [1.165, 1.54) is 4.90 Å². The molecule has 6 atom stereocenters. The van der Waals surface area contributed by atoms with Crippen molar-refractivity contribution >= 4 is 29.9 Å². The Bertz CT molecular complexity index is 1210. The molecule has 9 heteroatoms. The van der Waals surface area contributed by atoms with E-state index in [1.807, 2.05) is 32.1 Å². The van der Waals surface area contributed by atoms with Crippen LogP contribution in [-0.2, 0) is 39.9 Å². The van der Waals surface area contributed by atoms with Gasteiger partial charge in [0.1, 0.15) is 17.9 Å². The molecule has 2 aliphatic rings. The molecule has 2 heterocycles. The number of allylic oxidation sites excluding steroid dienone is 2. The monoisotopic (exact) mass is 636 g/mol. The molecule has 2 unspecified atom stereocenters. The third-order valence-corrected chi connectivity index (χ3v) is 9.50. The van der Waals surface area contributed by atoms with E-state index in [2.05, 4.69) is 18.5 Å². The smallest absolute Gasteiger partial charge is 0.329 e. The number of esters is 1. The second-order valence-corrected chi connectivity index (χ2v) is 13.2. The predicted molar refractivity (Wildman–Crippen MR) is 175 cm³/mol. The second kappa shape index (κ2) is 19.1. The van der Waals surface area contributed by atoms with Gasteiger partial charge in [-0.3, -0.25) is 24.2 Å². The number of aromatic nitrogens is 1. The van der Waals surface area contributed by atoms with Gasteiger partial charge in [0.15, 0.2) is 0 Å². The molecule has 46 heavy (non-hydrogen) atoms. The molecule has 0 N–H and O–H groups in total. The molecule has 1 amide bonds. The van der Waals surface area contributed by atoms with E-state index in [0.717, 1.165) is 43.2 Å². The Morgan fingerprint density at radius 2 is 1.93 bits per heavy atom. The molecule has 2 fully saturated rings. The molecule has 1 aliphatic heterocycles. The van der Waals surface area contributed by atoms with Gasteiger partial charge in [-0.2, -0.15) is 0 Å². The molecule has 9 nitrogen and oxygen atoms in total. The Balaban J connectivity index is 1.69. The summed E-state index contributed by atoms with van der Waals surface area (Å²) >= 11 is 0. The van der Waals surface area contributed by atoms with E-state index in [-0.39, 0.29) is 35.9 Å². The van der Waals surface area contributed by atoms with E-state index in [0.29, 0.717) is 63.9 Å². The fraction of sp³-hybridized carbons (Fsp3) is 0.622. The topological polar surface area (TPSA) is 120 Å². The van der Waals surface area contributed by atoms with Gasteiger partial charge in [-0.05, 0) is 94.6 Å². The summed E-state index contributed by atoms with van der Waals surface area (Å²) in [4.78, 5) is 69.7. The fourth-order valence-corrected chi connectivity index (χ4v) is 6.63. The number of pyridine rings is 1. The average molecular weight is 637 g/mol. The lowest BCUT2D eigenvalue weighted by molar-refractivity contribution is -0.165. The van der Waals surface area contributed by atoms with Crippen LogP contribution in [0.15, 0.2) is 48.8 Å². The predicted octanol–water partition coefficient (Wildman–Crippen LogP) is 6.00. The first-order chi connectivity index (χ1) is 22.1. The first kappa shape index (κ1) is 36.8. The van der Waals surface area contributed by atoms with Crippen LogP contribution in [0.1, 0.15) is 97.0 Å². The zero-order valence-corrected chi connectivity index (χ0v) is 27.9. The van der Waals surface area contributed by atoms with Crippen molar-refractivity contribution in [2.75, 3.05) is 13.2 Å². The van der Waals surface area contributed by atoms with Crippen LogP contribution < -0.4 is 0 Å².